The van der Waals surface area contributed by atoms with Crippen molar-refractivity contribution in [3.63, 3.8) is 0 Å². The smallest absolute Gasteiger partial charge is 0.310 e. The van der Waals surface area contributed by atoms with Gasteiger partial charge in [0.25, 0.3) is 0 Å². The summed E-state index contributed by atoms with van der Waals surface area (Å²) < 4.78 is 5.02. The normalized spacial score (nSPS) is 38.2. The lowest BCUT2D eigenvalue weighted by molar-refractivity contribution is -0.143. The van der Waals surface area contributed by atoms with Gasteiger partial charge in [0.05, 0.1) is 12.5 Å². The first-order chi connectivity index (χ1) is 5.53. The molecule has 1 saturated carbocycles. The molecule has 1 heterocycles. The van der Waals surface area contributed by atoms with Crippen LogP contribution in [-0.4, -0.2) is 12.6 Å². The molecule has 0 aromatic carbocycles. The van der Waals surface area contributed by atoms with Gasteiger partial charge in [-0.1, -0.05) is 26.0 Å². The Labute approximate surface area is 72.6 Å². The highest BCUT2D eigenvalue weighted by Crippen LogP contribution is 2.52. The monoisotopic (exact) mass is 166 g/mol. The van der Waals surface area contributed by atoms with Gasteiger partial charge in [-0.3, -0.25) is 4.79 Å². The fourth-order valence-corrected chi connectivity index (χ4v) is 2.43. The van der Waals surface area contributed by atoms with Crippen LogP contribution in [0.2, 0.25) is 0 Å². The van der Waals surface area contributed by atoms with Crippen molar-refractivity contribution in [1.29, 1.82) is 0 Å². The van der Waals surface area contributed by atoms with Crippen LogP contribution < -0.4 is 0 Å². The maximum Gasteiger partial charge on any atom is 0.310 e. The summed E-state index contributed by atoms with van der Waals surface area (Å²) in [4.78, 5) is 11.4. The molecule has 1 saturated heterocycles. The second-order valence-corrected chi connectivity index (χ2v) is 4.40. The fourth-order valence-electron chi connectivity index (χ4n) is 2.43. The Morgan fingerprint density at radius 1 is 1.58 bits per heavy atom. The largest absolute Gasteiger partial charge is 0.465 e. The fraction of sp³-hybridized carbons (Fsp3) is 0.700. The summed E-state index contributed by atoms with van der Waals surface area (Å²) in [7, 11) is 0. The molecular formula is C10H14O2. The van der Waals surface area contributed by atoms with Gasteiger partial charge in [-0.25, -0.2) is 0 Å². The van der Waals surface area contributed by atoms with E-state index < -0.39 is 0 Å². The van der Waals surface area contributed by atoms with E-state index in [1.165, 1.54) is 5.57 Å². The van der Waals surface area contributed by atoms with Crippen molar-refractivity contribution >= 4 is 5.97 Å². The van der Waals surface area contributed by atoms with Gasteiger partial charge in [0.15, 0.2) is 0 Å². The highest BCUT2D eigenvalue weighted by molar-refractivity contribution is 5.77. The predicted molar refractivity (Wildman–Crippen MR) is 45.5 cm³/mol. The summed E-state index contributed by atoms with van der Waals surface area (Å²) in [5.74, 6) is 0.452. The molecular weight excluding hydrogens is 152 g/mol. The maximum absolute atomic E-state index is 11.4. The number of cyclic esters (lactones) is 1. The first kappa shape index (κ1) is 7.84. The quantitative estimate of drug-likeness (QED) is 0.405. The summed E-state index contributed by atoms with van der Waals surface area (Å²) in [6.07, 6.45) is 0.962. The molecule has 1 aliphatic carbocycles. The van der Waals surface area contributed by atoms with Gasteiger partial charge >= 0.3 is 5.97 Å². The first-order valence-electron chi connectivity index (χ1n) is 4.38. The molecule has 0 aromatic rings. The van der Waals surface area contributed by atoms with Crippen LogP contribution >= 0.6 is 0 Å². The molecule has 2 heteroatoms. The molecule has 2 atom stereocenters. The number of carbonyl (C=O) groups excluding carboxylic acids is 1. The van der Waals surface area contributed by atoms with Crippen molar-refractivity contribution in [3.8, 4) is 0 Å². The Bertz CT molecular complexity index is 253. The van der Waals surface area contributed by atoms with E-state index in [9.17, 15) is 4.79 Å². The molecule has 0 N–H and O–H groups in total. The molecule has 0 spiro atoms. The van der Waals surface area contributed by atoms with Crippen molar-refractivity contribution in [3.05, 3.63) is 12.2 Å². The number of esters is 1. The number of rotatable bonds is 0. The maximum atomic E-state index is 11.4. The molecule has 66 valence electrons. The van der Waals surface area contributed by atoms with Crippen LogP contribution in [0, 0.1) is 17.3 Å². The molecule has 1 aliphatic heterocycles. The zero-order chi connectivity index (χ0) is 8.93. The third kappa shape index (κ3) is 0.780. The number of allylic oxidation sites excluding steroid dienone is 1. The minimum absolute atomic E-state index is 0.0244. The average Bonchev–Trinajstić information content (AvgIpc) is 2.40. The molecule has 0 amide bonds. The van der Waals surface area contributed by atoms with Crippen LogP contribution in [0.5, 0.6) is 0 Å². The summed E-state index contributed by atoms with van der Waals surface area (Å²) in [5.41, 5.74) is 1.16. The number of hydrogen-bond acceptors (Lipinski definition) is 2. The minimum Gasteiger partial charge on any atom is -0.465 e. The van der Waals surface area contributed by atoms with Crippen molar-refractivity contribution < 1.29 is 9.53 Å². The summed E-state index contributed by atoms with van der Waals surface area (Å²) >= 11 is 0. The Morgan fingerprint density at radius 3 is 2.83 bits per heavy atom. The molecule has 12 heavy (non-hydrogen) atoms. The van der Waals surface area contributed by atoms with Gasteiger partial charge in [-0.05, 0) is 11.8 Å². The van der Waals surface area contributed by atoms with E-state index in [1.54, 1.807) is 0 Å². The third-order valence-corrected chi connectivity index (χ3v) is 3.36. The molecule has 2 aliphatic rings. The minimum atomic E-state index is -0.0434. The Hall–Kier alpha value is -0.790. The van der Waals surface area contributed by atoms with Gasteiger partial charge in [0.2, 0.25) is 0 Å². The van der Waals surface area contributed by atoms with Gasteiger partial charge in [0, 0.05) is 5.92 Å². The highest BCUT2D eigenvalue weighted by atomic mass is 16.5. The SMILES string of the molecule is C=C1CC2COC(=O)C2C1(C)C. The summed E-state index contributed by atoms with van der Waals surface area (Å²) in [5, 5.41) is 0. The van der Waals surface area contributed by atoms with Crippen LogP contribution in [0.15, 0.2) is 12.2 Å². The molecule has 2 unspecified atom stereocenters. The Morgan fingerprint density at radius 2 is 2.25 bits per heavy atom. The molecule has 0 aromatic heterocycles. The Balaban J connectivity index is 2.36. The van der Waals surface area contributed by atoms with Gasteiger partial charge in [-0.15, -0.1) is 0 Å². The molecule has 2 fully saturated rings. The van der Waals surface area contributed by atoms with Crippen LogP contribution in [0.1, 0.15) is 20.3 Å². The second-order valence-electron chi connectivity index (χ2n) is 4.40. The number of hydrogen-bond donors (Lipinski definition) is 0. The van der Waals surface area contributed by atoms with E-state index in [0.29, 0.717) is 12.5 Å². The van der Waals surface area contributed by atoms with E-state index in [2.05, 4.69) is 20.4 Å². The zero-order valence-corrected chi connectivity index (χ0v) is 7.59. The third-order valence-electron chi connectivity index (χ3n) is 3.36. The van der Waals surface area contributed by atoms with Gasteiger partial charge in [0.1, 0.15) is 0 Å². The van der Waals surface area contributed by atoms with E-state index >= 15 is 0 Å². The van der Waals surface area contributed by atoms with Crippen molar-refractivity contribution in [2.24, 2.45) is 17.3 Å². The molecule has 0 bridgehead atoms. The average molecular weight is 166 g/mol. The molecule has 0 radical (unpaired) electrons. The van der Waals surface area contributed by atoms with Crippen molar-refractivity contribution in [2.75, 3.05) is 6.61 Å². The lowest BCUT2D eigenvalue weighted by atomic mass is 9.78. The van der Waals surface area contributed by atoms with E-state index in [1.807, 2.05) is 0 Å². The first-order valence-corrected chi connectivity index (χ1v) is 4.38. The van der Waals surface area contributed by atoms with Crippen LogP contribution in [0.25, 0.3) is 0 Å². The molecule has 2 rings (SSSR count). The van der Waals surface area contributed by atoms with Crippen LogP contribution in [0.3, 0.4) is 0 Å². The topological polar surface area (TPSA) is 26.3 Å². The second kappa shape index (κ2) is 2.12. The molecule has 2 nitrogen and oxygen atoms in total. The van der Waals surface area contributed by atoms with E-state index in [-0.39, 0.29) is 17.3 Å². The summed E-state index contributed by atoms with van der Waals surface area (Å²) in [6, 6.07) is 0. The Kier molecular flexibility index (Phi) is 1.39. The van der Waals surface area contributed by atoms with Crippen LogP contribution in [0.4, 0.5) is 0 Å². The number of carbonyl (C=O) groups is 1. The highest BCUT2D eigenvalue weighted by Gasteiger charge is 2.53. The predicted octanol–water partition coefficient (Wildman–Crippen LogP) is 1.76. The summed E-state index contributed by atoms with van der Waals surface area (Å²) in [6.45, 7) is 8.80. The van der Waals surface area contributed by atoms with E-state index in [4.69, 9.17) is 4.74 Å². The van der Waals surface area contributed by atoms with Crippen molar-refractivity contribution in [1.82, 2.24) is 0 Å². The van der Waals surface area contributed by atoms with Crippen molar-refractivity contribution in [2.45, 2.75) is 20.3 Å². The van der Waals surface area contributed by atoms with Gasteiger partial charge in [-0.2, -0.15) is 0 Å². The lowest BCUT2D eigenvalue weighted by Gasteiger charge is -2.24. The lowest BCUT2D eigenvalue weighted by Crippen LogP contribution is -2.26. The standard InChI is InChI=1S/C10H14O2/c1-6-4-7-5-12-9(11)8(7)10(6,2)3/h7-8H,1,4-5H2,2-3H3. The van der Waals surface area contributed by atoms with Gasteiger partial charge < -0.3 is 4.74 Å². The van der Waals surface area contributed by atoms with Crippen LogP contribution in [-0.2, 0) is 9.53 Å². The number of fused-ring (bicyclic) bond motifs is 1. The van der Waals surface area contributed by atoms with E-state index in [0.717, 1.165) is 6.42 Å². The zero-order valence-electron chi connectivity index (χ0n) is 7.59. The number of ether oxygens (including phenoxy) is 1.